The summed E-state index contributed by atoms with van der Waals surface area (Å²) in [7, 11) is 0. The maximum atomic E-state index is 10.4. The van der Waals surface area contributed by atoms with Crippen molar-refractivity contribution in [3.63, 3.8) is 0 Å². The molecule has 16 heavy (non-hydrogen) atoms. The Morgan fingerprint density at radius 2 is 2.25 bits per heavy atom. The SMILES string of the molecule is Cc1cc(/C=C/C(=O)O)cc2cccnc12. The van der Waals surface area contributed by atoms with Gasteiger partial charge in [-0.05, 0) is 42.3 Å². The molecule has 0 aliphatic heterocycles. The summed E-state index contributed by atoms with van der Waals surface area (Å²) in [6, 6.07) is 7.68. The Morgan fingerprint density at radius 1 is 1.44 bits per heavy atom. The number of benzene rings is 1. The fourth-order valence-electron chi connectivity index (χ4n) is 1.67. The van der Waals surface area contributed by atoms with Crippen molar-refractivity contribution in [3.05, 3.63) is 47.7 Å². The van der Waals surface area contributed by atoms with Crippen LogP contribution in [0.15, 0.2) is 36.5 Å². The van der Waals surface area contributed by atoms with Crippen molar-refractivity contribution in [2.75, 3.05) is 0 Å². The first-order valence-electron chi connectivity index (χ1n) is 4.93. The molecule has 0 bridgehead atoms. The molecule has 1 heterocycles. The van der Waals surface area contributed by atoms with Crippen molar-refractivity contribution >= 4 is 22.9 Å². The number of aromatic nitrogens is 1. The summed E-state index contributed by atoms with van der Waals surface area (Å²) in [5, 5.41) is 9.58. The van der Waals surface area contributed by atoms with Crippen LogP contribution >= 0.6 is 0 Å². The van der Waals surface area contributed by atoms with Crippen LogP contribution in [0.25, 0.3) is 17.0 Å². The van der Waals surface area contributed by atoms with Crippen molar-refractivity contribution in [1.82, 2.24) is 4.98 Å². The summed E-state index contributed by atoms with van der Waals surface area (Å²) < 4.78 is 0. The topological polar surface area (TPSA) is 50.2 Å². The minimum Gasteiger partial charge on any atom is -0.478 e. The predicted molar refractivity (Wildman–Crippen MR) is 63.1 cm³/mol. The van der Waals surface area contributed by atoms with E-state index in [0.29, 0.717) is 0 Å². The molecule has 2 rings (SSSR count). The molecule has 0 radical (unpaired) electrons. The third-order valence-corrected chi connectivity index (χ3v) is 2.34. The molecule has 0 aliphatic rings. The summed E-state index contributed by atoms with van der Waals surface area (Å²) in [5.41, 5.74) is 2.87. The normalized spacial score (nSPS) is 11.1. The van der Waals surface area contributed by atoms with Crippen molar-refractivity contribution in [1.29, 1.82) is 0 Å². The summed E-state index contributed by atoms with van der Waals surface area (Å²) >= 11 is 0. The van der Waals surface area contributed by atoms with Crippen LogP contribution in [0.5, 0.6) is 0 Å². The molecule has 0 amide bonds. The number of hydrogen-bond acceptors (Lipinski definition) is 2. The highest BCUT2D eigenvalue weighted by Crippen LogP contribution is 2.18. The van der Waals surface area contributed by atoms with Gasteiger partial charge in [-0.25, -0.2) is 4.79 Å². The first-order chi connectivity index (χ1) is 7.66. The van der Waals surface area contributed by atoms with E-state index in [1.54, 1.807) is 12.3 Å². The van der Waals surface area contributed by atoms with Gasteiger partial charge in [0.1, 0.15) is 0 Å². The van der Waals surface area contributed by atoms with Gasteiger partial charge < -0.3 is 5.11 Å². The van der Waals surface area contributed by atoms with Crippen molar-refractivity contribution < 1.29 is 9.90 Å². The Kier molecular flexibility index (Phi) is 2.68. The number of fused-ring (bicyclic) bond motifs is 1. The first kappa shape index (κ1) is 10.4. The van der Waals surface area contributed by atoms with Crippen molar-refractivity contribution in [2.24, 2.45) is 0 Å². The van der Waals surface area contributed by atoms with Gasteiger partial charge in [0.2, 0.25) is 0 Å². The molecule has 80 valence electrons. The predicted octanol–water partition coefficient (Wildman–Crippen LogP) is 2.64. The number of nitrogens with zero attached hydrogens (tertiary/aromatic N) is 1. The second kappa shape index (κ2) is 4.14. The molecule has 0 aliphatic carbocycles. The Bertz CT molecular complexity index is 573. The standard InChI is InChI=1S/C13H11NO2/c1-9-7-10(4-5-12(15)16)8-11-3-2-6-14-13(9)11/h2-8H,1H3,(H,15,16)/b5-4+. The van der Waals surface area contributed by atoms with E-state index < -0.39 is 5.97 Å². The molecule has 0 saturated heterocycles. The molecule has 1 N–H and O–H groups in total. The number of carboxylic acid groups (broad SMARTS) is 1. The van der Waals surface area contributed by atoms with E-state index in [1.807, 2.05) is 31.2 Å². The molecular formula is C13H11NO2. The highest BCUT2D eigenvalue weighted by atomic mass is 16.4. The van der Waals surface area contributed by atoms with E-state index in [2.05, 4.69) is 4.98 Å². The first-order valence-corrected chi connectivity index (χ1v) is 4.93. The number of rotatable bonds is 2. The van der Waals surface area contributed by atoms with Gasteiger partial charge in [-0.1, -0.05) is 6.07 Å². The zero-order valence-corrected chi connectivity index (χ0v) is 8.84. The van der Waals surface area contributed by atoms with Gasteiger partial charge in [0.25, 0.3) is 0 Å². The molecule has 3 nitrogen and oxygen atoms in total. The summed E-state index contributed by atoms with van der Waals surface area (Å²) in [6.07, 6.45) is 4.47. The number of carbonyl (C=O) groups is 1. The maximum absolute atomic E-state index is 10.4. The fraction of sp³-hybridized carbons (Fsp3) is 0.0769. The van der Waals surface area contributed by atoms with Gasteiger partial charge in [0.05, 0.1) is 5.52 Å². The number of aliphatic carboxylic acids is 1. The molecular weight excluding hydrogens is 202 g/mol. The lowest BCUT2D eigenvalue weighted by Gasteiger charge is -2.02. The number of hydrogen-bond donors (Lipinski definition) is 1. The monoisotopic (exact) mass is 213 g/mol. The number of carboxylic acids is 1. The number of aryl methyl sites for hydroxylation is 1. The highest BCUT2D eigenvalue weighted by molar-refractivity contribution is 5.88. The van der Waals surface area contributed by atoms with Gasteiger partial charge in [-0.2, -0.15) is 0 Å². The van der Waals surface area contributed by atoms with Gasteiger partial charge in [-0.15, -0.1) is 0 Å². The van der Waals surface area contributed by atoms with Gasteiger partial charge in [0.15, 0.2) is 0 Å². The molecule has 0 saturated carbocycles. The fourth-order valence-corrected chi connectivity index (χ4v) is 1.67. The van der Waals surface area contributed by atoms with Gasteiger partial charge in [-0.3, -0.25) is 4.98 Å². The Hall–Kier alpha value is -2.16. The third kappa shape index (κ3) is 2.08. The Balaban J connectivity index is 2.54. The molecule has 3 heteroatoms. The summed E-state index contributed by atoms with van der Waals surface area (Å²) in [5.74, 6) is -0.941. The third-order valence-electron chi connectivity index (χ3n) is 2.34. The van der Waals surface area contributed by atoms with Crippen LogP contribution in [0.4, 0.5) is 0 Å². The molecule has 0 spiro atoms. The van der Waals surface area contributed by atoms with Crippen LogP contribution < -0.4 is 0 Å². The van der Waals surface area contributed by atoms with Gasteiger partial charge >= 0.3 is 5.97 Å². The second-order valence-electron chi connectivity index (χ2n) is 3.58. The number of pyridine rings is 1. The van der Waals surface area contributed by atoms with Crippen molar-refractivity contribution in [2.45, 2.75) is 6.92 Å². The molecule has 2 aromatic rings. The zero-order chi connectivity index (χ0) is 11.5. The van der Waals surface area contributed by atoms with E-state index in [-0.39, 0.29) is 0 Å². The summed E-state index contributed by atoms with van der Waals surface area (Å²) in [6.45, 7) is 1.97. The average molecular weight is 213 g/mol. The molecule has 1 aromatic carbocycles. The van der Waals surface area contributed by atoms with E-state index in [1.165, 1.54) is 0 Å². The van der Waals surface area contributed by atoms with Crippen LogP contribution in [0, 0.1) is 6.92 Å². The quantitative estimate of drug-likeness (QED) is 0.780. The average Bonchev–Trinajstić information content (AvgIpc) is 2.26. The molecule has 0 fully saturated rings. The largest absolute Gasteiger partial charge is 0.478 e. The minimum atomic E-state index is -0.941. The smallest absolute Gasteiger partial charge is 0.328 e. The lowest BCUT2D eigenvalue weighted by molar-refractivity contribution is -0.131. The lowest BCUT2D eigenvalue weighted by atomic mass is 10.1. The zero-order valence-electron chi connectivity index (χ0n) is 8.84. The lowest BCUT2D eigenvalue weighted by Crippen LogP contribution is -1.87. The van der Waals surface area contributed by atoms with Crippen LogP contribution in [0.2, 0.25) is 0 Å². The maximum Gasteiger partial charge on any atom is 0.328 e. The molecule has 1 aromatic heterocycles. The molecule has 0 atom stereocenters. The minimum absolute atomic E-state index is 0.875. The van der Waals surface area contributed by atoms with Crippen LogP contribution in [-0.4, -0.2) is 16.1 Å². The van der Waals surface area contributed by atoms with E-state index in [0.717, 1.165) is 28.1 Å². The molecule has 0 unspecified atom stereocenters. The van der Waals surface area contributed by atoms with E-state index in [9.17, 15) is 4.79 Å². The highest BCUT2D eigenvalue weighted by Gasteiger charge is 1.99. The Morgan fingerprint density at radius 3 is 3.00 bits per heavy atom. The van der Waals surface area contributed by atoms with Crippen LogP contribution in [0.1, 0.15) is 11.1 Å². The summed E-state index contributed by atoms with van der Waals surface area (Å²) in [4.78, 5) is 14.7. The second-order valence-corrected chi connectivity index (χ2v) is 3.58. The van der Waals surface area contributed by atoms with Crippen LogP contribution in [0.3, 0.4) is 0 Å². The van der Waals surface area contributed by atoms with E-state index >= 15 is 0 Å². The van der Waals surface area contributed by atoms with Crippen LogP contribution in [-0.2, 0) is 4.79 Å². The van der Waals surface area contributed by atoms with E-state index in [4.69, 9.17) is 5.11 Å². The van der Waals surface area contributed by atoms with Crippen molar-refractivity contribution in [3.8, 4) is 0 Å². The Labute approximate surface area is 93.1 Å². The van der Waals surface area contributed by atoms with Gasteiger partial charge in [0, 0.05) is 17.7 Å².